The number of hydrogen-bond acceptors (Lipinski definition) is 5. The van der Waals surface area contributed by atoms with Crippen molar-refractivity contribution in [3.63, 3.8) is 0 Å². The first-order valence-corrected chi connectivity index (χ1v) is 6.00. The molecule has 5 nitrogen and oxygen atoms in total. The molecule has 0 aliphatic rings. The third kappa shape index (κ3) is 2.85. The highest BCUT2D eigenvalue weighted by atomic mass is 32.1. The van der Waals surface area contributed by atoms with Gasteiger partial charge in [0.25, 0.3) is 5.91 Å². The topological polar surface area (TPSA) is 67.8 Å². The molecule has 0 saturated heterocycles. The number of aromatic nitrogens is 3. The van der Waals surface area contributed by atoms with Crippen LogP contribution >= 0.6 is 11.5 Å². The summed E-state index contributed by atoms with van der Waals surface area (Å²) >= 11 is 1.18. The molecule has 0 aliphatic heterocycles. The fourth-order valence-electron chi connectivity index (χ4n) is 1.18. The number of anilines is 1. The van der Waals surface area contributed by atoms with Gasteiger partial charge in [-0.15, -0.1) is 0 Å². The first-order chi connectivity index (χ1) is 8.16. The van der Waals surface area contributed by atoms with Crippen LogP contribution in [0.2, 0.25) is 0 Å². The average molecular weight is 248 g/mol. The Bertz CT molecular complexity index is 509. The Morgan fingerprint density at radius 3 is 2.82 bits per heavy atom. The maximum atomic E-state index is 11.8. The van der Waals surface area contributed by atoms with Crippen LogP contribution in [0.25, 0.3) is 0 Å². The third-order valence-electron chi connectivity index (χ3n) is 2.08. The molecule has 0 aliphatic carbocycles. The molecule has 0 atom stereocenters. The van der Waals surface area contributed by atoms with Crippen LogP contribution < -0.4 is 5.32 Å². The number of hydrogen-bond donors (Lipinski definition) is 1. The van der Waals surface area contributed by atoms with Crippen molar-refractivity contribution < 1.29 is 4.79 Å². The lowest BCUT2D eigenvalue weighted by atomic mass is 10.2. The fourth-order valence-corrected chi connectivity index (χ4v) is 1.88. The lowest BCUT2D eigenvalue weighted by Crippen LogP contribution is -2.13. The van der Waals surface area contributed by atoms with E-state index in [0.29, 0.717) is 10.8 Å². The zero-order valence-corrected chi connectivity index (χ0v) is 10.4. The van der Waals surface area contributed by atoms with Gasteiger partial charge >= 0.3 is 0 Å². The summed E-state index contributed by atoms with van der Waals surface area (Å²) in [7, 11) is 0. The first-order valence-electron chi connectivity index (χ1n) is 5.23. The number of amides is 1. The highest BCUT2D eigenvalue weighted by Crippen LogP contribution is 2.17. The Kier molecular flexibility index (Phi) is 3.43. The third-order valence-corrected chi connectivity index (χ3v) is 2.72. The smallest absolute Gasteiger partial charge is 0.276 e. The van der Waals surface area contributed by atoms with Crippen molar-refractivity contribution in [3.05, 3.63) is 35.9 Å². The summed E-state index contributed by atoms with van der Waals surface area (Å²) < 4.78 is 4.16. The Morgan fingerprint density at radius 2 is 2.24 bits per heavy atom. The van der Waals surface area contributed by atoms with E-state index in [2.05, 4.69) is 19.7 Å². The minimum atomic E-state index is -0.267. The fraction of sp³-hybridized carbons (Fsp3) is 0.273. The molecule has 2 aromatic heterocycles. The van der Waals surface area contributed by atoms with Crippen LogP contribution in [0, 0.1) is 0 Å². The number of nitrogens with one attached hydrogen (secondary N) is 1. The van der Waals surface area contributed by atoms with Gasteiger partial charge in [0, 0.05) is 23.6 Å². The molecule has 0 spiro atoms. The normalized spacial score (nSPS) is 10.5. The number of nitrogens with zero attached hydrogens (tertiary/aromatic N) is 3. The van der Waals surface area contributed by atoms with Crippen LogP contribution in [0.5, 0.6) is 0 Å². The van der Waals surface area contributed by atoms with Crippen LogP contribution in [-0.2, 0) is 0 Å². The van der Waals surface area contributed by atoms with Crippen molar-refractivity contribution in [2.45, 2.75) is 19.8 Å². The minimum absolute atomic E-state index is 0.256. The molecule has 2 rings (SSSR count). The van der Waals surface area contributed by atoms with E-state index in [9.17, 15) is 4.79 Å². The van der Waals surface area contributed by atoms with Gasteiger partial charge in [0.2, 0.25) is 5.13 Å². The summed E-state index contributed by atoms with van der Waals surface area (Å²) in [6.07, 6.45) is 1.58. The van der Waals surface area contributed by atoms with E-state index in [-0.39, 0.29) is 11.8 Å². The molecule has 0 radical (unpaired) electrons. The largest absolute Gasteiger partial charge is 0.295 e. The standard InChI is InChI=1S/C11H12N4OS/c1-7(2)9-13-11(17-15-9)14-10(16)8-5-3-4-6-12-8/h3-7H,1-2H3,(H,13,14,15,16). The average Bonchev–Trinajstić information content (AvgIpc) is 2.79. The summed E-state index contributed by atoms with van der Waals surface area (Å²) in [6, 6.07) is 5.18. The second-order valence-electron chi connectivity index (χ2n) is 3.78. The van der Waals surface area contributed by atoms with E-state index < -0.39 is 0 Å². The van der Waals surface area contributed by atoms with E-state index in [1.165, 1.54) is 11.5 Å². The van der Waals surface area contributed by atoms with Crippen LogP contribution in [0.1, 0.15) is 36.1 Å². The van der Waals surface area contributed by atoms with Gasteiger partial charge in [0.15, 0.2) is 0 Å². The van der Waals surface area contributed by atoms with Gasteiger partial charge in [-0.05, 0) is 12.1 Å². The van der Waals surface area contributed by atoms with Crippen molar-refractivity contribution in [1.82, 2.24) is 14.3 Å². The Morgan fingerprint density at radius 1 is 1.41 bits per heavy atom. The predicted molar refractivity (Wildman–Crippen MR) is 66.2 cm³/mol. The lowest BCUT2D eigenvalue weighted by Gasteiger charge is -1.99. The molecule has 0 bridgehead atoms. The molecule has 1 amide bonds. The molecular weight excluding hydrogens is 236 g/mol. The monoisotopic (exact) mass is 248 g/mol. The van der Waals surface area contributed by atoms with Crippen LogP contribution in [0.3, 0.4) is 0 Å². The Hall–Kier alpha value is -1.82. The van der Waals surface area contributed by atoms with E-state index in [1.54, 1.807) is 24.4 Å². The first kappa shape index (κ1) is 11.7. The van der Waals surface area contributed by atoms with Crippen LogP contribution in [0.4, 0.5) is 5.13 Å². The zero-order chi connectivity index (χ0) is 12.3. The summed E-state index contributed by atoms with van der Waals surface area (Å²) in [5, 5.41) is 3.18. The number of carbonyl (C=O) groups excluding carboxylic acids is 1. The molecule has 1 N–H and O–H groups in total. The van der Waals surface area contributed by atoms with Crippen molar-refractivity contribution in [2.75, 3.05) is 5.32 Å². The molecule has 0 fully saturated rings. The van der Waals surface area contributed by atoms with E-state index >= 15 is 0 Å². The Labute approximate surface area is 103 Å². The molecule has 2 aromatic rings. The van der Waals surface area contributed by atoms with Crippen molar-refractivity contribution in [2.24, 2.45) is 0 Å². The van der Waals surface area contributed by atoms with Gasteiger partial charge in [-0.2, -0.15) is 4.37 Å². The van der Waals surface area contributed by atoms with E-state index in [4.69, 9.17) is 0 Å². The quantitative estimate of drug-likeness (QED) is 0.905. The molecule has 0 aromatic carbocycles. The number of rotatable bonds is 3. The molecule has 0 unspecified atom stereocenters. The molecule has 17 heavy (non-hydrogen) atoms. The second kappa shape index (κ2) is 5.01. The molecule has 6 heteroatoms. The number of carbonyl (C=O) groups is 1. The van der Waals surface area contributed by atoms with Gasteiger partial charge in [-0.1, -0.05) is 19.9 Å². The summed E-state index contributed by atoms with van der Waals surface area (Å²) in [5.41, 5.74) is 0.369. The maximum Gasteiger partial charge on any atom is 0.276 e. The molecular formula is C11H12N4OS. The number of pyridine rings is 1. The summed E-state index contributed by atoms with van der Waals surface area (Å²) in [4.78, 5) is 19.9. The minimum Gasteiger partial charge on any atom is -0.295 e. The second-order valence-corrected chi connectivity index (χ2v) is 4.53. The van der Waals surface area contributed by atoms with Gasteiger partial charge in [0.05, 0.1) is 0 Å². The lowest BCUT2D eigenvalue weighted by molar-refractivity contribution is 0.102. The van der Waals surface area contributed by atoms with Gasteiger partial charge < -0.3 is 0 Å². The summed E-state index contributed by atoms with van der Waals surface area (Å²) in [5.74, 6) is 0.732. The molecule has 0 saturated carbocycles. The van der Waals surface area contributed by atoms with Crippen molar-refractivity contribution >= 4 is 22.6 Å². The highest BCUT2D eigenvalue weighted by molar-refractivity contribution is 7.09. The SMILES string of the molecule is CC(C)c1nsc(NC(=O)c2ccccn2)n1. The Balaban J connectivity index is 2.08. The van der Waals surface area contributed by atoms with Crippen molar-refractivity contribution in [1.29, 1.82) is 0 Å². The maximum absolute atomic E-state index is 11.8. The van der Waals surface area contributed by atoms with E-state index in [0.717, 1.165) is 5.82 Å². The predicted octanol–water partition coefficient (Wildman–Crippen LogP) is 2.31. The zero-order valence-electron chi connectivity index (χ0n) is 9.54. The van der Waals surface area contributed by atoms with Gasteiger partial charge in [0.1, 0.15) is 11.5 Å². The highest BCUT2D eigenvalue weighted by Gasteiger charge is 2.11. The van der Waals surface area contributed by atoms with Crippen LogP contribution in [-0.4, -0.2) is 20.2 Å². The van der Waals surface area contributed by atoms with E-state index in [1.807, 2.05) is 13.8 Å². The van der Waals surface area contributed by atoms with Crippen molar-refractivity contribution in [3.8, 4) is 0 Å². The summed E-state index contributed by atoms with van der Waals surface area (Å²) in [6.45, 7) is 4.01. The molecule has 2 heterocycles. The van der Waals surface area contributed by atoms with Crippen LogP contribution in [0.15, 0.2) is 24.4 Å². The molecule has 88 valence electrons. The van der Waals surface area contributed by atoms with Gasteiger partial charge in [-0.25, -0.2) is 4.98 Å². The van der Waals surface area contributed by atoms with Gasteiger partial charge in [-0.3, -0.25) is 15.1 Å².